The van der Waals surface area contributed by atoms with Gasteiger partial charge in [-0.2, -0.15) is 8.42 Å². The molecule has 38 heavy (non-hydrogen) atoms. The highest BCUT2D eigenvalue weighted by atomic mass is 127. The molecule has 0 saturated carbocycles. The number of carbonyl (C=O) groups excluding carboxylic acids is 3. The van der Waals surface area contributed by atoms with Gasteiger partial charge in [0.2, 0.25) is 0 Å². The van der Waals surface area contributed by atoms with Crippen molar-refractivity contribution >= 4 is 62.3 Å². The van der Waals surface area contributed by atoms with Gasteiger partial charge >= 0.3 is 16.1 Å². The number of benzene rings is 3. The third kappa shape index (κ3) is 5.43. The number of halogens is 1. The summed E-state index contributed by atoms with van der Waals surface area (Å²) in [6, 6.07) is 13.6. The first-order chi connectivity index (χ1) is 17.9. The van der Waals surface area contributed by atoms with Gasteiger partial charge < -0.3 is 8.92 Å². The van der Waals surface area contributed by atoms with Crippen LogP contribution in [0.1, 0.15) is 22.3 Å². The smallest absolute Gasteiger partial charge is 0.339 e. The lowest BCUT2D eigenvalue weighted by molar-refractivity contribution is -0.122. The molecule has 1 saturated heterocycles. The van der Waals surface area contributed by atoms with Crippen molar-refractivity contribution in [2.75, 3.05) is 12.0 Å². The minimum Gasteiger partial charge on any atom is -0.493 e. The van der Waals surface area contributed by atoms with Gasteiger partial charge in [-0.15, -0.1) is 0 Å². The number of carbonyl (C=O) groups is 3. The van der Waals surface area contributed by atoms with Crippen molar-refractivity contribution < 1.29 is 31.7 Å². The second-order valence-corrected chi connectivity index (χ2v) is 11.3. The van der Waals surface area contributed by atoms with Gasteiger partial charge in [-0.25, -0.2) is 9.69 Å². The zero-order valence-electron chi connectivity index (χ0n) is 20.9. The zero-order chi connectivity index (χ0) is 27.8. The van der Waals surface area contributed by atoms with Crippen molar-refractivity contribution in [3.63, 3.8) is 0 Å². The number of nitrogens with one attached hydrogen (secondary N) is 1. The summed E-state index contributed by atoms with van der Waals surface area (Å²) in [5.74, 6) is -1.60. The van der Waals surface area contributed by atoms with Crippen molar-refractivity contribution in [1.82, 2.24) is 5.32 Å². The Labute approximate surface area is 233 Å². The second kappa shape index (κ2) is 10.6. The predicted molar refractivity (Wildman–Crippen MR) is 150 cm³/mol. The summed E-state index contributed by atoms with van der Waals surface area (Å²) in [5.41, 5.74) is 2.98. The SMILES string of the molecule is COc1cc(/C=C2\C(=O)NC(=O)N(c3ccc(C)cc3C)C2=O)cc(I)c1OS(=O)(=O)c1ccc(C)cc1. The Morgan fingerprint density at radius 3 is 2.21 bits per heavy atom. The number of anilines is 1. The van der Waals surface area contributed by atoms with Crippen LogP contribution in [0.5, 0.6) is 11.5 Å². The standard InChI is InChI=1S/C27H23IN2O7S/c1-15-5-8-19(9-6-15)38(34,35)37-24-21(28)13-18(14-23(24)36-4)12-20-25(31)29-27(33)30(26(20)32)22-10-7-16(2)11-17(22)3/h5-14H,1-4H3,(H,29,31,33)/b20-12+. The summed E-state index contributed by atoms with van der Waals surface area (Å²) < 4.78 is 36.8. The fourth-order valence-electron chi connectivity index (χ4n) is 3.87. The fourth-order valence-corrected chi connectivity index (χ4v) is 5.71. The van der Waals surface area contributed by atoms with E-state index in [-0.39, 0.29) is 22.0 Å². The first-order valence-corrected chi connectivity index (χ1v) is 13.8. The van der Waals surface area contributed by atoms with Gasteiger partial charge in [-0.3, -0.25) is 14.9 Å². The van der Waals surface area contributed by atoms with Crippen molar-refractivity contribution in [3.8, 4) is 11.5 Å². The van der Waals surface area contributed by atoms with E-state index in [4.69, 9.17) is 8.92 Å². The molecule has 0 unspecified atom stereocenters. The van der Waals surface area contributed by atoms with Gasteiger partial charge in [-0.1, -0.05) is 35.4 Å². The molecule has 1 aliphatic heterocycles. The van der Waals surface area contributed by atoms with E-state index < -0.39 is 28.0 Å². The van der Waals surface area contributed by atoms with Gasteiger partial charge in [0, 0.05) is 0 Å². The van der Waals surface area contributed by atoms with E-state index in [0.29, 0.717) is 20.4 Å². The van der Waals surface area contributed by atoms with E-state index in [2.05, 4.69) is 5.32 Å². The van der Waals surface area contributed by atoms with Gasteiger partial charge in [0.25, 0.3) is 11.8 Å². The summed E-state index contributed by atoms with van der Waals surface area (Å²) in [6.07, 6.45) is 1.31. The quantitative estimate of drug-likeness (QED) is 0.179. The zero-order valence-corrected chi connectivity index (χ0v) is 23.8. The molecule has 9 nitrogen and oxygen atoms in total. The molecule has 0 bridgehead atoms. The Balaban J connectivity index is 1.71. The van der Waals surface area contributed by atoms with Crippen molar-refractivity contribution in [2.45, 2.75) is 25.7 Å². The molecule has 0 atom stereocenters. The first kappa shape index (κ1) is 27.3. The molecule has 1 N–H and O–H groups in total. The lowest BCUT2D eigenvalue weighted by Crippen LogP contribution is -2.54. The van der Waals surface area contributed by atoms with E-state index in [1.54, 1.807) is 31.2 Å². The number of nitrogens with zero attached hydrogens (tertiary/aromatic N) is 1. The lowest BCUT2D eigenvalue weighted by Gasteiger charge is -2.27. The minimum atomic E-state index is -4.16. The van der Waals surface area contributed by atoms with E-state index in [0.717, 1.165) is 16.0 Å². The number of methoxy groups -OCH3 is 1. The monoisotopic (exact) mass is 646 g/mol. The van der Waals surface area contributed by atoms with Gasteiger partial charge in [0.1, 0.15) is 10.5 Å². The Morgan fingerprint density at radius 2 is 1.58 bits per heavy atom. The Bertz CT molecular complexity index is 1610. The lowest BCUT2D eigenvalue weighted by atomic mass is 10.0. The summed E-state index contributed by atoms with van der Waals surface area (Å²) in [5, 5.41) is 2.20. The Kier molecular flexibility index (Phi) is 7.61. The van der Waals surface area contributed by atoms with Crippen LogP contribution in [0.3, 0.4) is 0 Å². The van der Waals surface area contributed by atoms with Crippen molar-refractivity contribution in [1.29, 1.82) is 0 Å². The van der Waals surface area contributed by atoms with E-state index in [1.807, 2.05) is 42.5 Å². The Hall–Kier alpha value is -3.71. The number of ether oxygens (including phenoxy) is 1. The molecular weight excluding hydrogens is 623 g/mol. The van der Waals surface area contributed by atoms with Crippen LogP contribution in [-0.4, -0.2) is 33.4 Å². The highest BCUT2D eigenvalue weighted by molar-refractivity contribution is 14.1. The minimum absolute atomic E-state index is 0.0206. The average molecular weight is 646 g/mol. The van der Waals surface area contributed by atoms with Crippen LogP contribution in [0.4, 0.5) is 10.5 Å². The van der Waals surface area contributed by atoms with E-state index in [1.165, 1.54) is 37.5 Å². The average Bonchev–Trinajstić information content (AvgIpc) is 2.84. The Morgan fingerprint density at radius 1 is 0.921 bits per heavy atom. The molecule has 3 aromatic carbocycles. The number of hydrogen-bond acceptors (Lipinski definition) is 7. The molecule has 196 valence electrons. The van der Waals surface area contributed by atoms with E-state index in [9.17, 15) is 22.8 Å². The summed E-state index contributed by atoms with van der Waals surface area (Å²) in [4.78, 5) is 39.4. The molecule has 1 fully saturated rings. The van der Waals surface area contributed by atoms with Gasteiger partial charge in [0.05, 0.1) is 16.4 Å². The highest BCUT2D eigenvalue weighted by Crippen LogP contribution is 2.37. The fraction of sp³-hybridized carbons (Fsp3) is 0.148. The largest absolute Gasteiger partial charge is 0.493 e. The molecule has 1 heterocycles. The number of rotatable bonds is 6. The molecule has 1 aliphatic rings. The van der Waals surface area contributed by atoms with Crippen LogP contribution in [0.15, 0.2) is 65.1 Å². The first-order valence-electron chi connectivity index (χ1n) is 11.3. The van der Waals surface area contributed by atoms with Crippen LogP contribution in [0, 0.1) is 24.3 Å². The maximum Gasteiger partial charge on any atom is 0.339 e. The number of imide groups is 2. The van der Waals surface area contributed by atoms with E-state index >= 15 is 0 Å². The molecule has 11 heteroatoms. The van der Waals surface area contributed by atoms with Crippen LogP contribution in [-0.2, 0) is 19.7 Å². The number of hydrogen-bond donors (Lipinski definition) is 1. The molecule has 0 radical (unpaired) electrons. The number of amides is 4. The van der Waals surface area contributed by atoms with Crippen LogP contribution < -0.4 is 19.1 Å². The molecule has 4 amide bonds. The molecule has 0 aromatic heterocycles. The third-order valence-electron chi connectivity index (χ3n) is 5.76. The van der Waals surface area contributed by atoms with Crippen molar-refractivity contribution in [2.24, 2.45) is 0 Å². The topological polar surface area (TPSA) is 119 Å². The summed E-state index contributed by atoms with van der Waals surface area (Å²) in [6.45, 7) is 5.49. The van der Waals surface area contributed by atoms with Crippen molar-refractivity contribution in [3.05, 3.63) is 86.0 Å². The highest BCUT2D eigenvalue weighted by Gasteiger charge is 2.37. The van der Waals surface area contributed by atoms with Crippen LogP contribution in [0.2, 0.25) is 0 Å². The summed E-state index contributed by atoms with van der Waals surface area (Å²) >= 11 is 1.88. The maximum atomic E-state index is 13.3. The number of urea groups is 1. The van der Waals surface area contributed by atoms with Crippen LogP contribution in [0.25, 0.3) is 6.08 Å². The van der Waals surface area contributed by atoms with Gasteiger partial charge in [-0.05, 0) is 90.9 Å². The summed E-state index contributed by atoms with van der Waals surface area (Å²) in [7, 11) is -2.82. The molecular formula is C27H23IN2O7S. The second-order valence-electron chi connectivity index (χ2n) is 8.63. The van der Waals surface area contributed by atoms with Gasteiger partial charge in [0.15, 0.2) is 11.5 Å². The molecule has 0 aliphatic carbocycles. The number of barbiturate groups is 1. The normalized spacial score (nSPS) is 15.0. The van der Waals surface area contributed by atoms with Crippen LogP contribution >= 0.6 is 22.6 Å². The predicted octanol–water partition coefficient (Wildman–Crippen LogP) is 4.66. The third-order valence-corrected chi connectivity index (χ3v) is 7.80. The molecule has 0 spiro atoms. The maximum absolute atomic E-state index is 13.3. The number of aryl methyl sites for hydroxylation is 3. The molecule has 3 aromatic rings. The molecule has 4 rings (SSSR count).